The first-order valence-corrected chi connectivity index (χ1v) is 8.64. The normalized spacial score (nSPS) is 16.0. The standard InChI is InChI=1S/C18H24N4O2/c1-3-5-10-21(4-2)18(23)17-12-14-11-16(13-22(14)20-17)24-15-6-8-19-9-7-15/h6-9,12,16H,3-5,10-11,13H2,1-2H3. The van der Waals surface area contributed by atoms with E-state index in [1.54, 1.807) is 12.4 Å². The van der Waals surface area contributed by atoms with Crippen molar-refractivity contribution in [2.45, 2.75) is 45.8 Å². The van der Waals surface area contributed by atoms with Crippen molar-refractivity contribution >= 4 is 5.91 Å². The van der Waals surface area contributed by atoms with Gasteiger partial charge in [-0.2, -0.15) is 5.10 Å². The Balaban J connectivity index is 1.62. The van der Waals surface area contributed by atoms with Crippen molar-refractivity contribution in [3.05, 3.63) is 42.0 Å². The number of unbranched alkanes of at least 4 members (excludes halogenated alkanes) is 1. The summed E-state index contributed by atoms with van der Waals surface area (Å²) in [4.78, 5) is 18.4. The maximum Gasteiger partial charge on any atom is 0.274 e. The molecule has 0 fully saturated rings. The van der Waals surface area contributed by atoms with E-state index in [1.807, 2.05) is 34.7 Å². The van der Waals surface area contributed by atoms with Crippen molar-refractivity contribution in [2.24, 2.45) is 0 Å². The van der Waals surface area contributed by atoms with Gasteiger partial charge < -0.3 is 9.64 Å². The molecule has 6 nitrogen and oxygen atoms in total. The zero-order valence-electron chi connectivity index (χ0n) is 14.3. The number of fused-ring (bicyclic) bond motifs is 1. The summed E-state index contributed by atoms with van der Waals surface area (Å²) in [6, 6.07) is 5.61. The Hall–Kier alpha value is -2.37. The molecule has 1 atom stereocenters. The zero-order valence-corrected chi connectivity index (χ0v) is 14.3. The van der Waals surface area contributed by atoms with Crippen LogP contribution in [-0.2, 0) is 13.0 Å². The van der Waals surface area contributed by atoms with Crippen molar-refractivity contribution in [3.8, 4) is 5.75 Å². The molecule has 128 valence electrons. The van der Waals surface area contributed by atoms with Crippen LogP contribution >= 0.6 is 0 Å². The van der Waals surface area contributed by atoms with Crippen molar-refractivity contribution < 1.29 is 9.53 Å². The maximum atomic E-state index is 12.6. The third-order valence-corrected chi connectivity index (χ3v) is 4.30. The molecule has 1 unspecified atom stereocenters. The van der Waals surface area contributed by atoms with E-state index >= 15 is 0 Å². The Kier molecular flexibility index (Phi) is 5.13. The highest BCUT2D eigenvalue weighted by atomic mass is 16.5. The molecule has 3 heterocycles. The van der Waals surface area contributed by atoms with Gasteiger partial charge in [0.25, 0.3) is 5.91 Å². The predicted octanol–water partition coefficient (Wildman–Crippen LogP) is 2.54. The summed E-state index contributed by atoms with van der Waals surface area (Å²) in [5, 5.41) is 4.49. The van der Waals surface area contributed by atoms with Crippen LogP contribution in [0.15, 0.2) is 30.6 Å². The Morgan fingerprint density at radius 2 is 2.17 bits per heavy atom. The van der Waals surface area contributed by atoms with Crippen LogP contribution in [0.25, 0.3) is 0 Å². The summed E-state index contributed by atoms with van der Waals surface area (Å²) in [6.45, 7) is 6.32. The van der Waals surface area contributed by atoms with E-state index in [1.165, 1.54) is 0 Å². The van der Waals surface area contributed by atoms with Crippen LogP contribution in [-0.4, -0.2) is 44.8 Å². The predicted molar refractivity (Wildman–Crippen MR) is 91.1 cm³/mol. The van der Waals surface area contributed by atoms with Crippen molar-refractivity contribution in [1.82, 2.24) is 19.7 Å². The van der Waals surface area contributed by atoms with Gasteiger partial charge in [0.2, 0.25) is 0 Å². The van der Waals surface area contributed by atoms with Crippen LogP contribution < -0.4 is 4.74 Å². The summed E-state index contributed by atoms with van der Waals surface area (Å²) in [5.41, 5.74) is 1.61. The molecular weight excluding hydrogens is 304 g/mol. The molecule has 0 radical (unpaired) electrons. The first kappa shape index (κ1) is 16.5. The van der Waals surface area contributed by atoms with E-state index in [9.17, 15) is 4.79 Å². The highest BCUT2D eigenvalue weighted by Gasteiger charge is 2.27. The third kappa shape index (κ3) is 3.58. The van der Waals surface area contributed by atoms with E-state index in [2.05, 4.69) is 17.0 Å². The molecule has 2 aromatic rings. The van der Waals surface area contributed by atoms with Crippen molar-refractivity contribution in [2.75, 3.05) is 13.1 Å². The van der Waals surface area contributed by atoms with Crippen LogP contribution in [0, 0.1) is 0 Å². The Bertz CT molecular complexity index is 660. The number of hydrogen-bond donors (Lipinski definition) is 0. The molecule has 0 spiro atoms. The number of carbonyl (C=O) groups is 1. The minimum Gasteiger partial charge on any atom is -0.488 e. The van der Waals surface area contributed by atoms with E-state index in [0.717, 1.165) is 43.8 Å². The lowest BCUT2D eigenvalue weighted by Crippen LogP contribution is -2.32. The van der Waals surface area contributed by atoms with Gasteiger partial charge in [-0.05, 0) is 31.5 Å². The Labute approximate surface area is 142 Å². The Morgan fingerprint density at radius 1 is 1.38 bits per heavy atom. The number of aromatic nitrogens is 3. The second-order valence-electron chi connectivity index (χ2n) is 6.07. The minimum atomic E-state index is 0.0273. The lowest BCUT2D eigenvalue weighted by Gasteiger charge is -2.19. The average molecular weight is 328 g/mol. The van der Waals surface area contributed by atoms with Gasteiger partial charge in [-0.1, -0.05) is 13.3 Å². The summed E-state index contributed by atoms with van der Waals surface area (Å²) in [7, 11) is 0. The number of carbonyl (C=O) groups excluding carboxylic acids is 1. The number of hydrogen-bond acceptors (Lipinski definition) is 4. The molecule has 0 aromatic carbocycles. The largest absolute Gasteiger partial charge is 0.488 e. The zero-order chi connectivity index (χ0) is 16.9. The van der Waals surface area contributed by atoms with Gasteiger partial charge in [0.1, 0.15) is 11.9 Å². The van der Waals surface area contributed by atoms with Gasteiger partial charge >= 0.3 is 0 Å². The molecule has 0 aliphatic carbocycles. The fourth-order valence-electron chi connectivity index (χ4n) is 2.98. The molecule has 1 amide bonds. The fraction of sp³-hybridized carbons (Fsp3) is 0.500. The molecule has 0 saturated carbocycles. The second kappa shape index (κ2) is 7.47. The molecule has 1 aliphatic rings. The van der Waals surface area contributed by atoms with Crippen LogP contribution in [0.4, 0.5) is 0 Å². The monoisotopic (exact) mass is 328 g/mol. The summed E-state index contributed by atoms with van der Waals surface area (Å²) >= 11 is 0. The number of nitrogens with zero attached hydrogens (tertiary/aromatic N) is 4. The maximum absolute atomic E-state index is 12.6. The van der Waals surface area contributed by atoms with E-state index in [0.29, 0.717) is 12.2 Å². The molecular formula is C18H24N4O2. The Morgan fingerprint density at radius 3 is 2.83 bits per heavy atom. The highest BCUT2D eigenvalue weighted by Crippen LogP contribution is 2.21. The van der Waals surface area contributed by atoms with Gasteiger partial charge in [-0.15, -0.1) is 0 Å². The van der Waals surface area contributed by atoms with Gasteiger partial charge in [0.05, 0.1) is 6.54 Å². The molecule has 0 bridgehead atoms. The van der Waals surface area contributed by atoms with Gasteiger partial charge in [-0.3, -0.25) is 14.5 Å². The lowest BCUT2D eigenvalue weighted by molar-refractivity contribution is 0.0754. The second-order valence-corrected chi connectivity index (χ2v) is 6.07. The van der Waals surface area contributed by atoms with E-state index < -0.39 is 0 Å². The smallest absolute Gasteiger partial charge is 0.274 e. The minimum absolute atomic E-state index is 0.0273. The molecule has 6 heteroatoms. The van der Waals surface area contributed by atoms with Crippen LogP contribution in [0.2, 0.25) is 0 Å². The summed E-state index contributed by atoms with van der Waals surface area (Å²) in [5.74, 6) is 0.841. The van der Waals surface area contributed by atoms with Crippen molar-refractivity contribution in [1.29, 1.82) is 0 Å². The van der Waals surface area contributed by atoms with Crippen molar-refractivity contribution in [3.63, 3.8) is 0 Å². The van der Waals surface area contributed by atoms with Gasteiger partial charge in [0, 0.05) is 37.6 Å². The van der Waals surface area contributed by atoms with Crippen LogP contribution in [0.1, 0.15) is 42.9 Å². The fourth-order valence-corrected chi connectivity index (χ4v) is 2.98. The van der Waals surface area contributed by atoms with Crippen LogP contribution in [0.3, 0.4) is 0 Å². The van der Waals surface area contributed by atoms with Gasteiger partial charge in [0.15, 0.2) is 5.69 Å². The summed E-state index contributed by atoms with van der Waals surface area (Å²) in [6.07, 6.45) is 6.36. The number of amides is 1. The summed E-state index contributed by atoms with van der Waals surface area (Å²) < 4.78 is 7.84. The lowest BCUT2D eigenvalue weighted by atomic mass is 10.2. The average Bonchev–Trinajstić information content (AvgIpc) is 3.14. The topological polar surface area (TPSA) is 60.2 Å². The highest BCUT2D eigenvalue weighted by molar-refractivity contribution is 5.92. The number of rotatable bonds is 7. The molecule has 2 aromatic heterocycles. The van der Waals surface area contributed by atoms with E-state index in [-0.39, 0.29) is 12.0 Å². The van der Waals surface area contributed by atoms with Crippen LogP contribution in [0.5, 0.6) is 5.75 Å². The third-order valence-electron chi connectivity index (χ3n) is 4.30. The molecule has 0 N–H and O–H groups in total. The van der Waals surface area contributed by atoms with Gasteiger partial charge in [-0.25, -0.2) is 0 Å². The molecule has 24 heavy (non-hydrogen) atoms. The first-order valence-electron chi connectivity index (χ1n) is 8.64. The SMILES string of the molecule is CCCCN(CC)C(=O)c1cc2n(n1)CC(Oc1ccncc1)C2. The number of ether oxygens (including phenoxy) is 1. The molecule has 3 rings (SSSR count). The first-order chi connectivity index (χ1) is 11.7. The van der Waals surface area contributed by atoms with E-state index in [4.69, 9.17) is 4.74 Å². The number of pyridine rings is 1. The molecule has 0 saturated heterocycles. The quantitative estimate of drug-likeness (QED) is 0.784. The molecule has 1 aliphatic heterocycles.